The van der Waals surface area contributed by atoms with Gasteiger partial charge in [0, 0.05) is 18.7 Å². The molecule has 1 heterocycles. The summed E-state index contributed by atoms with van der Waals surface area (Å²) >= 11 is 0. The van der Waals surface area contributed by atoms with Crippen LogP contribution in [-0.4, -0.2) is 27.3 Å². The quantitative estimate of drug-likeness (QED) is 0.670. The third kappa shape index (κ3) is 4.11. The first kappa shape index (κ1) is 17.7. The van der Waals surface area contributed by atoms with Crippen LogP contribution in [0.15, 0.2) is 42.5 Å². The summed E-state index contributed by atoms with van der Waals surface area (Å²) in [6, 6.07) is 14.1. The molecule has 0 aliphatic rings. The molecule has 136 valence electrons. The number of ether oxygens (including phenoxy) is 2. The van der Waals surface area contributed by atoms with Gasteiger partial charge in [-0.1, -0.05) is 47.1 Å². The topological polar surface area (TPSA) is 74.1 Å². The van der Waals surface area contributed by atoms with E-state index in [1.165, 1.54) is 5.56 Å². The Kier molecular flexibility index (Phi) is 5.68. The molecule has 0 fully saturated rings. The van der Waals surface area contributed by atoms with Crippen molar-refractivity contribution in [1.82, 2.24) is 20.2 Å². The molecule has 2 aromatic carbocycles. The fraction of sp³-hybridized carbons (Fsp3) is 0.316. The maximum atomic E-state index is 6.09. The van der Waals surface area contributed by atoms with E-state index in [0.717, 1.165) is 16.9 Å². The first-order chi connectivity index (χ1) is 12.7. The molecule has 0 amide bonds. The summed E-state index contributed by atoms with van der Waals surface area (Å²) in [6.45, 7) is 5.76. The summed E-state index contributed by atoms with van der Waals surface area (Å²) in [4.78, 5) is 0. The molecule has 7 heteroatoms. The highest BCUT2D eigenvalue weighted by Crippen LogP contribution is 2.32. The smallest absolute Gasteiger partial charge is 0.243 e. The number of benzene rings is 2. The van der Waals surface area contributed by atoms with Crippen molar-refractivity contribution in [2.24, 2.45) is 0 Å². The summed E-state index contributed by atoms with van der Waals surface area (Å²) in [5.41, 5.74) is 3.31. The number of methoxy groups -OCH3 is 1. The molecule has 0 aliphatic heterocycles. The molecule has 7 nitrogen and oxygen atoms in total. The van der Waals surface area contributed by atoms with Gasteiger partial charge in [0.05, 0.1) is 7.11 Å². The fourth-order valence-electron chi connectivity index (χ4n) is 2.58. The molecular formula is C19H23N5O2. The van der Waals surface area contributed by atoms with Crippen LogP contribution in [-0.2, 0) is 19.7 Å². The van der Waals surface area contributed by atoms with Crippen LogP contribution in [0.1, 0.15) is 23.6 Å². The Labute approximate surface area is 152 Å². The Morgan fingerprint density at radius 3 is 2.65 bits per heavy atom. The van der Waals surface area contributed by atoms with Crippen LogP contribution in [0, 0.1) is 6.92 Å². The van der Waals surface area contributed by atoms with E-state index in [-0.39, 0.29) is 0 Å². The van der Waals surface area contributed by atoms with Crippen molar-refractivity contribution < 1.29 is 9.47 Å². The number of aromatic nitrogens is 4. The van der Waals surface area contributed by atoms with Gasteiger partial charge in [0.1, 0.15) is 6.61 Å². The van der Waals surface area contributed by atoms with Crippen molar-refractivity contribution >= 4 is 5.95 Å². The predicted molar refractivity (Wildman–Crippen MR) is 99.3 cm³/mol. The number of hydrogen-bond donors (Lipinski definition) is 1. The normalized spacial score (nSPS) is 10.6. The average Bonchev–Trinajstić information content (AvgIpc) is 3.13. The summed E-state index contributed by atoms with van der Waals surface area (Å²) in [6.07, 6.45) is 0. The third-order valence-electron chi connectivity index (χ3n) is 4.05. The number of para-hydroxylation sites is 1. The minimum Gasteiger partial charge on any atom is -0.493 e. The molecule has 3 aromatic rings. The SMILES string of the molecule is CCn1nnnc1NCc1cccc(OC)c1OCc1ccc(C)cc1. The van der Waals surface area contributed by atoms with Crippen molar-refractivity contribution in [2.75, 3.05) is 12.4 Å². The Balaban J connectivity index is 1.75. The number of nitrogens with zero attached hydrogens (tertiary/aromatic N) is 4. The van der Waals surface area contributed by atoms with Crippen LogP contribution in [0.5, 0.6) is 11.5 Å². The van der Waals surface area contributed by atoms with Gasteiger partial charge < -0.3 is 14.8 Å². The lowest BCUT2D eigenvalue weighted by molar-refractivity contribution is 0.281. The van der Waals surface area contributed by atoms with Crippen molar-refractivity contribution in [2.45, 2.75) is 33.5 Å². The largest absolute Gasteiger partial charge is 0.493 e. The molecule has 3 rings (SSSR count). The average molecular weight is 353 g/mol. The van der Waals surface area contributed by atoms with E-state index in [4.69, 9.17) is 9.47 Å². The number of tetrazole rings is 1. The minimum atomic E-state index is 0.473. The predicted octanol–water partition coefficient (Wildman–Crippen LogP) is 3.20. The van der Waals surface area contributed by atoms with Crippen LogP contribution >= 0.6 is 0 Å². The third-order valence-corrected chi connectivity index (χ3v) is 4.05. The highest BCUT2D eigenvalue weighted by molar-refractivity contribution is 5.48. The van der Waals surface area contributed by atoms with Gasteiger partial charge >= 0.3 is 0 Å². The Morgan fingerprint density at radius 2 is 1.92 bits per heavy atom. The number of rotatable bonds is 8. The Bertz CT molecular complexity index is 845. The summed E-state index contributed by atoms with van der Waals surface area (Å²) in [5, 5.41) is 14.9. The van der Waals surface area contributed by atoms with E-state index in [2.05, 4.69) is 52.0 Å². The minimum absolute atomic E-state index is 0.473. The molecular weight excluding hydrogens is 330 g/mol. The van der Waals surface area contributed by atoms with E-state index in [9.17, 15) is 0 Å². The maximum absolute atomic E-state index is 6.09. The van der Waals surface area contributed by atoms with Crippen molar-refractivity contribution in [1.29, 1.82) is 0 Å². The zero-order valence-corrected chi connectivity index (χ0v) is 15.3. The van der Waals surface area contributed by atoms with Gasteiger partial charge in [0.15, 0.2) is 11.5 Å². The lowest BCUT2D eigenvalue weighted by Crippen LogP contribution is -2.09. The van der Waals surface area contributed by atoms with Crippen molar-refractivity contribution in [3.63, 3.8) is 0 Å². The van der Waals surface area contributed by atoms with Crippen LogP contribution in [0.4, 0.5) is 5.95 Å². The van der Waals surface area contributed by atoms with Crippen LogP contribution < -0.4 is 14.8 Å². The van der Waals surface area contributed by atoms with Gasteiger partial charge in [-0.05, 0) is 35.9 Å². The van der Waals surface area contributed by atoms with Crippen LogP contribution in [0.2, 0.25) is 0 Å². The highest BCUT2D eigenvalue weighted by Gasteiger charge is 2.12. The molecule has 1 aromatic heterocycles. The first-order valence-corrected chi connectivity index (χ1v) is 8.55. The standard InChI is InChI=1S/C19H23N5O2/c1-4-24-19(21-22-23-24)20-12-16-6-5-7-17(25-3)18(16)26-13-15-10-8-14(2)9-11-15/h5-11H,4,12-13H2,1-3H3,(H,20,21,23). The van der Waals surface area contributed by atoms with E-state index >= 15 is 0 Å². The second-order valence-electron chi connectivity index (χ2n) is 5.89. The molecule has 0 spiro atoms. The summed E-state index contributed by atoms with van der Waals surface area (Å²) < 4.78 is 13.3. The van der Waals surface area contributed by atoms with Crippen LogP contribution in [0.25, 0.3) is 0 Å². The first-order valence-electron chi connectivity index (χ1n) is 8.55. The molecule has 0 unspecified atom stereocenters. The lowest BCUT2D eigenvalue weighted by Gasteiger charge is -2.16. The molecule has 0 saturated heterocycles. The highest BCUT2D eigenvalue weighted by atomic mass is 16.5. The summed E-state index contributed by atoms with van der Waals surface area (Å²) in [5.74, 6) is 2.05. The molecule has 0 radical (unpaired) electrons. The molecule has 0 bridgehead atoms. The maximum Gasteiger partial charge on any atom is 0.243 e. The molecule has 0 saturated carbocycles. The second-order valence-corrected chi connectivity index (χ2v) is 5.89. The molecule has 0 aliphatic carbocycles. The van der Waals surface area contributed by atoms with Gasteiger partial charge in [-0.25, -0.2) is 4.68 Å². The summed E-state index contributed by atoms with van der Waals surface area (Å²) in [7, 11) is 1.64. The van der Waals surface area contributed by atoms with Crippen molar-refractivity contribution in [3.05, 3.63) is 59.2 Å². The molecule has 1 N–H and O–H groups in total. The van der Waals surface area contributed by atoms with Crippen molar-refractivity contribution in [3.8, 4) is 11.5 Å². The van der Waals surface area contributed by atoms with E-state index < -0.39 is 0 Å². The van der Waals surface area contributed by atoms with Gasteiger partial charge in [0.25, 0.3) is 0 Å². The monoisotopic (exact) mass is 353 g/mol. The molecule has 0 atom stereocenters. The molecule has 26 heavy (non-hydrogen) atoms. The lowest BCUT2D eigenvalue weighted by atomic mass is 10.1. The van der Waals surface area contributed by atoms with Gasteiger partial charge in [-0.3, -0.25) is 0 Å². The number of anilines is 1. The number of nitrogens with one attached hydrogen (secondary N) is 1. The number of aryl methyl sites for hydroxylation is 2. The second kappa shape index (κ2) is 8.33. The fourth-order valence-corrected chi connectivity index (χ4v) is 2.58. The van der Waals surface area contributed by atoms with Gasteiger partial charge in [-0.15, -0.1) is 0 Å². The number of hydrogen-bond acceptors (Lipinski definition) is 6. The van der Waals surface area contributed by atoms with E-state index in [1.54, 1.807) is 11.8 Å². The zero-order valence-electron chi connectivity index (χ0n) is 15.3. The van der Waals surface area contributed by atoms with Crippen LogP contribution in [0.3, 0.4) is 0 Å². The Hall–Kier alpha value is -3.09. The van der Waals surface area contributed by atoms with Gasteiger partial charge in [0.2, 0.25) is 5.95 Å². The zero-order chi connectivity index (χ0) is 18.4. The van der Waals surface area contributed by atoms with Gasteiger partial charge in [-0.2, -0.15) is 0 Å². The van der Waals surface area contributed by atoms with E-state index in [1.807, 2.05) is 25.1 Å². The Morgan fingerprint density at radius 1 is 1.12 bits per heavy atom. The van der Waals surface area contributed by atoms with E-state index in [0.29, 0.717) is 31.4 Å².